The number of ether oxygens (including phenoxy) is 1. The van der Waals surface area contributed by atoms with Gasteiger partial charge < -0.3 is 15.8 Å². The van der Waals surface area contributed by atoms with Crippen molar-refractivity contribution < 1.29 is 13.9 Å². The van der Waals surface area contributed by atoms with Gasteiger partial charge in [-0.05, 0) is 38.0 Å². The molecule has 1 aromatic carbocycles. The van der Waals surface area contributed by atoms with Gasteiger partial charge in [-0.2, -0.15) is 0 Å². The second-order valence-corrected chi connectivity index (χ2v) is 5.21. The first-order chi connectivity index (χ1) is 10.1. The number of amides is 1. The summed E-state index contributed by atoms with van der Waals surface area (Å²) in [6.07, 6.45) is 2.17. The molecule has 6 heteroatoms. The zero-order chi connectivity index (χ0) is 15.2. The molecule has 0 aromatic heterocycles. The van der Waals surface area contributed by atoms with Crippen molar-refractivity contribution >= 4 is 17.3 Å². The van der Waals surface area contributed by atoms with Crippen LogP contribution in [0.2, 0.25) is 0 Å². The third-order valence-corrected chi connectivity index (χ3v) is 3.59. The molecule has 0 atom stereocenters. The number of hydrogen-bond donors (Lipinski definition) is 2. The van der Waals surface area contributed by atoms with Crippen LogP contribution in [0.25, 0.3) is 0 Å². The van der Waals surface area contributed by atoms with E-state index in [1.807, 2.05) is 6.92 Å². The number of carbonyl (C=O) groups excluding carboxylic acids is 1. The zero-order valence-corrected chi connectivity index (χ0v) is 12.3. The first-order valence-electron chi connectivity index (χ1n) is 7.27. The maximum absolute atomic E-state index is 13.1. The number of hydrogen-bond acceptors (Lipinski definition) is 4. The number of nitrogens with two attached hydrogens (primary N) is 1. The van der Waals surface area contributed by atoms with Gasteiger partial charge in [0.15, 0.2) is 0 Å². The number of carbonyl (C=O) groups is 1. The molecule has 1 fully saturated rings. The summed E-state index contributed by atoms with van der Waals surface area (Å²) in [4.78, 5) is 14.1. The van der Waals surface area contributed by atoms with Crippen molar-refractivity contribution in [3.63, 3.8) is 0 Å². The van der Waals surface area contributed by atoms with Gasteiger partial charge in [0.25, 0.3) is 0 Å². The molecule has 2 rings (SSSR count). The summed E-state index contributed by atoms with van der Waals surface area (Å²) in [5.74, 6) is -0.598. The van der Waals surface area contributed by atoms with E-state index >= 15 is 0 Å². The van der Waals surface area contributed by atoms with E-state index in [4.69, 9.17) is 10.5 Å². The Kier molecular flexibility index (Phi) is 5.52. The Morgan fingerprint density at radius 3 is 2.86 bits per heavy atom. The molecule has 0 aliphatic carbocycles. The van der Waals surface area contributed by atoms with Gasteiger partial charge in [-0.1, -0.05) is 0 Å². The second-order valence-electron chi connectivity index (χ2n) is 5.21. The normalized spacial score (nSPS) is 16.9. The molecular formula is C15H22FN3O2. The number of likely N-dealkylation sites (tertiary alicyclic amines) is 1. The molecule has 1 saturated heterocycles. The molecular weight excluding hydrogens is 273 g/mol. The highest BCUT2D eigenvalue weighted by Crippen LogP contribution is 2.19. The van der Waals surface area contributed by atoms with Crippen LogP contribution in [0, 0.1) is 5.82 Å². The monoisotopic (exact) mass is 295 g/mol. The summed E-state index contributed by atoms with van der Waals surface area (Å²) in [7, 11) is 0. The fourth-order valence-electron chi connectivity index (χ4n) is 2.50. The SMILES string of the molecule is CCOC1CCN(CC(=O)Nc2cc(F)ccc2N)CC1. The number of halogens is 1. The van der Waals surface area contributed by atoms with Gasteiger partial charge in [0.2, 0.25) is 5.91 Å². The molecule has 1 aliphatic heterocycles. The van der Waals surface area contributed by atoms with E-state index in [2.05, 4.69) is 10.2 Å². The predicted molar refractivity (Wildman–Crippen MR) is 80.5 cm³/mol. The van der Waals surface area contributed by atoms with E-state index in [1.54, 1.807) is 0 Å². The van der Waals surface area contributed by atoms with Crippen molar-refractivity contribution in [1.29, 1.82) is 0 Å². The molecule has 0 bridgehead atoms. The van der Waals surface area contributed by atoms with Crippen LogP contribution >= 0.6 is 0 Å². The number of benzene rings is 1. The van der Waals surface area contributed by atoms with Gasteiger partial charge in [-0.3, -0.25) is 9.69 Å². The van der Waals surface area contributed by atoms with E-state index in [0.29, 0.717) is 17.5 Å². The number of nitrogens with one attached hydrogen (secondary N) is 1. The van der Waals surface area contributed by atoms with E-state index in [1.165, 1.54) is 18.2 Å². The molecule has 5 nitrogen and oxygen atoms in total. The van der Waals surface area contributed by atoms with Crippen molar-refractivity contribution in [2.75, 3.05) is 37.3 Å². The number of nitrogens with zero attached hydrogens (tertiary/aromatic N) is 1. The van der Waals surface area contributed by atoms with Crippen LogP contribution in [0.15, 0.2) is 18.2 Å². The summed E-state index contributed by atoms with van der Waals surface area (Å²) < 4.78 is 18.7. The Balaban J connectivity index is 1.81. The lowest BCUT2D eigenvalue weighted by atomic mass is 10.1. The van der Waals surface area contributed by atoms with E-state index in [9.17, 15) is 9.18 Å². The van der Waals surface area contributed by atoms with E-state index in [-0.39, 0.29) is 12.5 Å². The van der Waals surface area contributed by atoms with Crippen molar-refractivity contribution in [3.8, 4) is 0 Å². The van der Waals surface area contributed by atoms with Crippen molar-refractivity contribution in [3.05, 3.63) is 24.0 Å². The summed E-state index contributed by atoms with van der Waals surface area (Å²) in [5, 5.41) is 2.66. The van der Waals surface area contributed by atoms with Crippen molar-refractivity contribution in [2.45, 2.75) is 25.9 Å². The highest BCUT2D eigenvalue weighted by molar-refractivity contribution is 5.95. The van der Waals surface area contributed by atoms with Crippen LogP contribution in [0.4, 0.5) is 15.8 Å². The molecule has 3 N–H and O–H groups in total. The molecule has 0 spiro atoms. The fourth-order valence-corrected chi connectivity index (χ4v) is 2.50. The molecule has 0 radical (unpaired) electrons. The fraction of sp³-hybridized carbons (Fsp3) is 0.533. The number of nitrogen functional groups attached to an aromatic ring is 1. The quantitative estimate of drug-likeness (QED) is 0.814. The average Bonchev–Trinajstić information content (AvgIpc) is 2.45. The molecule has 1 aliphatic rings. The first kappa shape index (κ1) is 15.7. The Hall–Kier alpha value is -1.66. The van der Waals surface area contributed by atoms with Crippen molar-refractivity contribution in [2.24, 2.45) is 0 Å². The van der Waals surface area contributed by atoms with Crippen LogP contribution in [-0.2, 0) is 9.53 Å². The Morgan fingerprint density at radius 2 is 2.19 bits per heavy atom. The second kappa shape index (κ2) is 7.38. The lowest BCUT2D eigenvalue weighted by Gasteiger charge is -2.31. The molecule has 0 unspecified atom stereocenters. The molecule has 116 valence electrons. The topological polar surface area (TPSA) is 67.6 Å². The van der Waals surface area contributed by atoms with Gasteiger partial charge >= 0.3 is 0 Å². The Bertz CT molecular complexity index is 488. The molecule has 1 amide bonds. The largest absolute Gasteiger partial charge is 0.397 e. The van der Waals surface area contributed by atoms with Crippen molar-refractivity contribution in [1.82, 2.24) is 4.90 Å². The molecule has 1 heterocycles. The minimum absolute atomic E-state index is 0.179. The lowest BCUT2D eigenvalue weighted by Crippen LogP contribution is -2.41. The number of rotatable bonds is 5. The Morgan fingerprint density at radius 1 is 1.48 bits per heavy atom. The zero-order valence-electron chi connectivity index (χ0n) is 12.3. The van der Waals surface area contributed by atoms with Gasteiger partial charge in [-0.15, -0.1) is 0 Å². The third-order valence-electron chi connectivity index (χ3n) is 3.59. The van der Waals surface area contributed by atoms with Crippen LogP contribution in [0.1, 0.15) is 19.8 Å². The maximum atomic E-state index is 13.1. The minimum Gasteiger partial charge on any atom is -0.397 e. The van der Waals surface area contributed by atoms with Crippen LogP contribution in [-0.4, -0.2) is 43.2 Å². The van der Waals surface area contributed by atoms with E-state index in [0.717, 1.165) is 32.5 Å². The summed E-state index contributed by atoms with van der Waals surface area (Å²) in [6, 6.07) is 3.94. The molecule has 21 heavy (non-hydrogen) atoms. The summed E-state index contributed by atoms with van der Waals surface area (Å²) in [6.45, 7) is 4.66. The van der Waals surface area contributed by atoms with Crippen LogP contribution in [0.3, 0.4) is 0 Å². The van der Waals surface area contributed by atoms with Gasteiger partial charge in [0.05, 0.1) is 24.0 Å². The highest BCUT2D eigenvalue weighted by atomic mass is 19.1. The predicted octanol–water partition coefficient (Wildman–Crippen LogP) is 1.85. The highest BCUT2D eigenvalue weighted by Gasteiger charge is 2.21. The van der Waals surface area contributed by atoms with Gasteiger partial charge in [0, 0.05) is 19.7 Å². The smallest absolute Gasteiger partial charge is 0.238 e. The summed E-state index contributed by atoms with van der Waals surface area (Å²) >= 11 is 0. The standard InChI is InChI=1S/C15H22FN3O2/c1-2-21-12-5-7-19(8-6-12)10-15(20)18-14-9-11(16)3-4-13(14)17/h3-4,9,12H,2,5-8,10,17H2,1H3,(H,18,20). The maximum Gasteiger partial charge on any atom is 0.238 e. The van der Waals surface area contributed by atoms with Gasteiger partial charge in [0.1, 0.15) is 5.82 Å². The average molecular weight is 295 g/mol. The lowest BCUT2D eigenvalue weighted by molar-refractivity contribution is -0.118. The van der Waals surface area contributed by atoms with Crippen LogP contribution < -0.4 is 11.1 Å². The molecule has 1 aromatic rings. The molecule has 0 saturated carbocycles. The van der Waals surface area contributed by atoms with Crippen LogP contribution in [0.5, 0.6) is 0 Å². The third kappa shape index (κ3) is 4.68. The number of anilines is 2. The number of piperidine rings is 1. The van der Waals surface area contributed by atoms with E-state index < -0.39 is 5.82 Å². The summed E-state index contributed by atoms with van der Waals surface area (Å²) in [5.41, 5.74) is 6.40. The Labute approximate surface area is 124 Å². The van der Waals surface area contributed by atoms with Gasteiger partial charge in [-0.25, -0.2) is 4.39 Å². The minimum atomic E-state index is -0.419. The first-order valence-corrected chi connectivity index (χ1v) is 7.27.